The van der Waals surface area contributed by atoms with Crippen LogP contribution in [0.1, 0.15) is 48.5 Å². The van der Waals surface area contributed by atoms with Crippen molar-refractivity contribution < 1.29 is 17.3 Å². The van der Waals surface area contributed by atoms with E-state index in [9.17, 15) is 8.42 Å². The Morgan fingerprint density at radius 3 is 1.76 bits per heavy atom. The molecule has 3 atom stereocenters. The van der Waals surface area contributed by atoms with E-state index in [0.29, 0.717) is 5.57 Å². The Labute approximate surface area is 204 Å². The molecule has 0 bridgehead atoms. The Kier molecular flexibility index (Phi) is 7.90. The van der Waals surface area contributed by atoms with Crippen molar-refractivity contribution in [2.45, 2.75) is 102 Å². The molecule has 0 aromatic heterocycles. The Morgan fingerprint density at radius 1 is 0.848 bits per heavy atom. The maximum atomic E-state index is 13.7. The Balaban J connectivity index is 2.63. The lowest BCUT2D eigenvalue weighted by atomic mass is 9.87. The average Bonchev–Trinajstić information content (AvgIpc) is 2.66. The van der Waals surface area contributed by atoms with Gasteiger partial charge in [0.25, 0.3) is 0 Å². The van der Waals surface area contributed by atoms with Crippen LogP contribution >= 0.6 is 0 Å². The lowest BCUT2D eigenvalue weighted by Gasteiger charge is -2.47. The molecule has 0 aliphatic heterocycles. The van der Waals surface area contributed by atoms with Gasteiger partial charge in [-0.3, -0.25) is 0 Å². The van der Waals surface area contributed by atoms with Gasteiger partial charge in [-0.2, -0.15) is 0 Å². The van der Waals surface area contributed by atoms with Crippen molar-refractivity contribution >= 4 is 26.5 Å². The minimum Gasteiger partial charge on any atom is -0.410 e. The summed E-state index contributed by atoms with van der Waals surface area (Å²) in [5, 5.41) is -0.00825. The van der Waals surface area contributed by atoms with Gasteiger partial charge in [0.15, 0.2) is 16.6 Å². The topological polar surface area (TPSA) is 52.6 Å². The predicted octanol–water partition coefficient (Wildman–Crippen LogP) is 7.33. The van der Waals surface area contributed by atoms with Crippen LogP contribution in [0, 0.1) is 5.92 Å². The first-order valence-corrected chi connectivity index (χ1v) is 19.1. The van der Waals surface area contributed by atoms with E-state index in [2.05, 4.69) is 81.2 Å². The van der Waals surface area contributed by atoms with Gasteiger partial charge >= 0.3 is 0 Å². The van der Waals surface area contributed by atoms with E-state index >= 15 is 0 Å². The van der Waals surface area contributed by atoms with Crippen LogP contribution in [0.25, 0.3) is 0 Å². The summed E-state index contributed by atoms with van der Waals surface area (Å²) in [7, 11) is -8.11. The van der Waals surface area contributed by atoms with Crippen molar-refractivity contribution in [3.63, 3.8) is 0 Å². The third kappa shape index (κ3) is 5.81. The number of hydrogen-bond donors (Lipinski definition) is 0. The molecule has 33 heavy (non-hydrogen) atoms. The van der Waals surface area contributed by atoms with Crippen LogP contribution < -0.4 is 0 Å². The summed E-state index contributed by atoms with van der Waals surface area (Å²) in [6.07, 6.45) is 1.01. The van der Waals surface area contributed by atoms with Crippen molar-refractivity contribution in [3.8, 4) is 0 Å². The van der Waals surface area contributed by atoms with Gasteiger partial charge in [-0.25, -0.2) is 8.42 Å². The second-order valence-electron chi connectivity index (χ2n) is 12.4. The Bertz CT molecular complexity index is 997. The van der Waals surface area contributed by atoms with Gasteiger partial charge in [-0.15, -0.1) is 0 Å². The Morgan fingerprint density at radius 2 is 1.30 bits per heavy atom. The van der Waals surface area contributed by atoms with Crippen LogP contribution in [0.5, 0.6) is 0 Å². The van der Waals surface area contributed by atoms with Crippen molar-refractivity contribution in [3.05, 3.63) is 53.5 Å². The first-order valence-electron chi connectivity index (χ1n) is 11.8. The van der Waals surface area contributed by atoms with Crippen LogP contribution in [-0.4, -0.2) is 37.3 Å². The quantitative estimate of drug-likeness (QED) is 0.377. The molecular formula is C26H44O4SSi2. The molecule has 0 unspecified atom stereocenters. The van der Waals surface area contributed by atoms with Gasteiger partial charge in [0.2, 0.25) is 9.84 Å². The fourth-order valence-corrected chi connectivity index (χ4v) is 7.56. The highest BCUT2D eigenvalue weighted by molar-refractivity contribution is 7.95. The normalized spacial score (nSPS) is 23.4. The Hall–Kier alpha value is -0.996. The molecule has 0 saturated carbocycles. The van der Waals surface area contributed by atoms with Gasteiger partial charge in [-0.1, -0.05) is 73.2 Å². The van der Waals surface area contributed by atoms with Crippen LogP contribution in [0.4, 0.5) is 0 Å². The van der Waals surface area contributed by atoms with Crippen LogP contribution in [0.15, 0.2) is 58.4 Å². The summed E-state index contributed by atoms with van der Waals surface area (Å²) >= 11 is 0. The maximum absolute atomic E-state index is 13.7. The predicted molar refractivity (Wildman–Crippen MR) is 144 cm³/mol. The molecule has 1 aliphatic carbocycles. The molecule has 186 valence electrons. The van der Waals surface area contributed by atoms with Crippen LogP contribution in [0.2, 0.25) is 36.3 Å². The molecule has 1 aromatic carbocycles. The summed E-state index contributed by atoms with van der Waals surface area (Å²) in [5.74, 6) is -0.0459. The molecule has 0 radical (unpaired) electrons. The summed E-state index contributed by atoms with van der Waals surface area (Å²) in [5.41, 5.74) is 0.534. The number of sulfone groups is 1. The number of benzene rings is 1. The fraction of sp³-hybridized carbons (Fsp3) is 0.615. The summed E-state index contributed by atoms with van der Waals surface area (Å²) in [6.45, 7) is 28.3. The van der Waals surface area contributed by atoms with E-state index in [1.807, 2.05) is 6.07 Å². The zero-order valence-corrected chi connectivity index (χ0v) is 25.3. The van der Waals surface area contributed by atoms with E-state index in [0.717, 1.165) is 0 Å². The summed E-state index contributed by atoms with van der Waals surface area (Å²) in [4.78, 5) is 0.503. The average molecular weight is 509 g/mol. The minimum absolute atomic E-state index is 0.00324. The molecule has 0 fully saturated rings. The number of hydrogen-bond acceptors (Lipinski definition) is 4. The molecule has 0 spiro atoms. The SMILES string of the molecule is C=C1C(S(=O)(=O)c2ccccc2)=C[C@@H](O[Si](C)(C)C(C)(C)C)[C@H](C)[C@@H]1O[Si](C)(C)C(C)(C)C. The second kappa shape index (κ2) is 9.23. The van der Waals surface area contributed by atoms with Crippen molar-refractivity contribution in [2.75, 3.05) is 0 Å². The van der Waals surface area contributed by atoms with E-state index in [1.54, 1.807) is 30.3 Å². The molecule has 0 N–H and O–H groups in total. The zero-order chi connectivity index (χ0) is 25.6. The van der Waals surface area contributed by atoms with E-state index in [-0.39, 0.29) is 31.9 Å². The molecule has 0 heterocycles. The monoisotopic (exact) mass is 508 g/mol. The van der Waals surface area contributed by atoms with Crippen molar-refractivity contribution in [1.29, 1.82) is 0 Å². The molecule has 4 nitrogen and oxygen atoms in total. The summed E-state index contributed by atoms with van der Waals surface area (Å²) < 4.78 is 41.0. The first-order chi connectivity index (χ1) is 14.7. The zero-order valence-electron chi connectivity index (χ0n) is 22.4. The van der Waals surface area contributed by atoms with Crippen LogP contribution in [0.3, 0.4) is 0 Å². The molecule has 0 amide bonds. The molecular weight excluding hydrogens is 465 g/mol. The van der Waals surface area contributed by atoms with Gasteiger partial charge in [-0.05, 0) is 60.0 Å². The smallest absolute Gasteiger partial charge is 0.206 e. The third-order valence-corrected chi connectivity index (χ3v) is 18.6. The standard InChI is InChI=1S/C26H44O4SSi2/c1-19-22(29-32(9,10)25(3,4)5)18-23(31(27,28)21-16-14-13-15-17-21)20(2)24(19)30-33(11,12)26(6,7)8/h13-19,22,24H,2H2,1,3-12H3/t19-,22+,24-/m0/s1. The van der Waals surface area contributed by atoms with E-state index in [4.69, 9.17) is 8.85 Å². The van der Waals surface area contributed by atoms with E-state index < -0.39 is 32.6 Å². The van der Waals surface area contributed by atoms with Gasteiger partial charge in [0.1, 0.15) is 0 Å². The highest BCUT2D eigenvalue weighted by atomic mass is 32.2. The molecule has 1 aliphatic rings. The van der Waals surface area contributed by atoms with Gasteiger partial charge < -0.3 is 8.85 Å². The fourth-order valence-electron chi connectivity index (χ4n) is 3.36. The largest absolute Gasteiger partial charge is 0.410 e. The first kappa shape index (κ1) is 28.2. The lowest BCUT2D eigenvalue weighted by Crippen LogP contribution is -2.52. The summed E-state index contributed by atoms with van der Waals surface area (Å²) in [6, 6.07) is 8.57. The second-order valence-corrected chi connectivity index (χ2v) is 23.8. The lowest BCUT2D eigenvalue weighted by molar-refractivity contribution is 0.0730. The van der Waals surface area contributed by atoms with Gasteiger partial charge in [0, 0.05) is 5.92 Å². The molecule has 1 aromatic rings. The molecule has 2 rings (SSSR count). The highest BCUT2D eigenvalue weighted by Crippen LogP contribution is 2.45. The maximum Gasteiger partial charge on any atom is 0.206 e. The third-order valence-electron chi connectivity index (χ3n) is 7.78. The highest BCUT2D eigenvalue weighted by Gasteiger charge is 2.48. The minimum atomic E-state index is -3.75. The molecule has 7 heteroatoms. The van der Waals surface area contributed by atoms with Crippen molar-refractivity contribution in [1.82, 2.24) is 0 Å². The van der Waals surface area contributed by atoms with Crippen LogP contribution in [-0.2, 0) is 18.7 Å². The van der Waals surface area contributed by atoms with Gasteiger partial charge in [0.05, 0.1) is 22.0 Å². The number of rotatable bonds is 6. The van der Waals surface area contributed by atoms with E-state index in [1.165, 1.54) is 0 Å². The van der Waals surface area contributed by atoms with Crippen molar-refractivity contribution in [2.24, 2.45) is 5.92 Å². The molecule has 0 saturated heterocycles.